The average molecular weight is 276 g/mol. The molecule has 1 amide bonds. The maximum absolute atomic E-state index is 12.6. The number of hydrogen-bond acceptors (Lipinski definition) is 2. The highest BCUT2D eigenvalue weighted by Crippen LogP contribution is 2.33. The van der Waals surface area contributed by atoms with Gasteiger partial charge >= 0.3 is 0 Å². The van der Waals surface area contributed by atoms with Crippen molar-refractivity contribution in [3.05, 3.63) is 0 Å². The van der Waals surface area contributed by atoms with E-state index in [0.29, 0.717) is 12.5 Å². The Kier molecular flexibility index (Phi) is 5.88. The maximum atomic E-state index is 12.6. The highest BCUT2D eigenvalue weighted by molar-refractivity contribution is 5.79. The van der Waals surface area contributed by atoms with Crippen LogP contribution < -0.4 is 0 Å². The molecular weight excluding hydrogens is 248 g/mol. The number of likely N-dealkylation sites (tertiary alicyclic amines) is 1. The summed E-state index contributed by atoms with van der Waals surface area (Å²) in [5, 5.41) is 9.03. The second-order valence-corrected chi connectivity index (χ2v) is 6.61. The summed E-state index contributed by atoms with van der Waals surface area (Å²) in [4.78, 5) is 14.5. The largest absolute Gasteiger partial charge is 0.341 e. The van der Waals surface area contributed by atoms with Gasteiger partial charge in [-0.15, -0.1) is 0 Å². The van der Waals surface area contributed by atoms with Crippen molar-refractivity contribution in [1.29, 1.82) is 5.26 Å². The molecule has 1 unspecified atom stereocenters. The topological polar surface area (TPSA) is 44.1 Å². The fourth-order valence-electron chi connectivity index (χ4n) is 3.73. The minimum Gasteiger partial charge on any atom is -0.341 e. The lowest BCUT2D eigenvalue weighted by molar-refractivity contribution is -0.138. The summed E-state index contributed by atoms with van der Waals surface area (Å²) < 4.78 is 0. The summed E-state index contributed by atoms with van der Waals surface area (Å²) in [5.41, 5.74) is 0. The summed E-state index contributed by atoms with van der Waals surface area (Å²) in [5.74, 6) is 1.49. The van der Waals surface area contributed by atoms with E-state index in [1.54, 1.807) is 0 Å². The normalized spacial score (nSPS) is 30.8. The SMILES string of the molecule is CCCCC1CCC(C(=O)N2CCCC(C#N)C2)CC1. The third kappa shape index (κ3) is 3.98. The summed E-state index contributed by atoms with van der Waals surface area (Å²) in [6, 6.07) is 2.33. The predicted octanol–water partition coefficient (Wildman–Crippen LogP) is 3.75. The van der Waals surface area contributed by atoms with E-state index >= 15 is 0 Å². The lowest BCUT2D eigenvalue weighted by Gasteiger charge is -2.35. The number of unbranched alkanes of at least 4 members (excludes halogenated alkanes) is 1. The van der Waals surface area contributed by atoms with Crippen molar-refractivity contribution in [2.75, 3.05) is 13.1 Å². The van der Waals surface area contributed by atoms with Gasteiger partial charge < -0.3 is 4.90 Å². The number of carbonyl (C=O) groups excluding carboxylic acids is 1. The lowest BCUT2D eigenvalue weighted by Crippen LogP contribution is -2.43. The van der Waals surface area contributed by atoms with Gasteiger partial charge in [0.15, 0.2) is 0 Å². The number of rotatable bonds is 4. The molecule has 1 aliphatic carbocycles. The third-order valence-corrected chi connectivity index (χ3v) is 5.08. The third-order valence-electron chi connectivity index (χ3n) is 5.08. The molecule has 1 aliphatic heterocycles. The van der Waals surface area contributed by atoms with Crippen LogP contribution in [0.2, 0.25) is 0 Å². The first-order valence-electron chi connectivity index (χ1n) is 8.43. The second-order valence-electron chi connectivity index (χ2n) is 6.61. The summed E-state index contributed by atoms with van der Waals surface area (Å²) in [6.45, 7) is 3.79. The minimum absolute atomic E-state index is 0.0635. The van der Waals surface area contributed by atoms with E-state index in [4.69, 9.17) is 5.26 Å². The van der Waals surface area contributed by atoms with Crippen molar-refractivity contribution in [3.8, 4) is 6.07 Å². The number of nitriles is 1. The van der Waals surface area contributed by atoms with Gasteiger partial charge in [-0.3, -0.25) is 4.79 Å². The molecule has 3 heteroatoms. The highest BCUT2D eigenvalue weighted by Gasteiger charge is 2.31. The summed E-state index contributed by atoms with van der Waals surface area (Å²) >= 11 is 0. The molecule has 0 aromatic rings. The number of piperidine rings is 1. The molecular formula is C17H28N2O. The van der Waals surface area contributed by atoms with Gasteiger partial charge in [0, 0.05) is 19.0 Å². The Morgan fingerprint density at radius 1 is 1.25 bits per heavy atom. The van der Waals surface area contributed by atoms with Crippen molar-refractivity contribution >= 4 is 5.91 Å². The predicted molar refractivity (Wildman–Crippen MR) is 79.9 cm³/mol. The van der Waals surface area contributed by atoms with Crippen molar-refractivity contribution in [2.45, 2.75) is 64.7 Å². The number of amides is 1. The van der Waals surface area contributed by atoms with Crippen LogP contribution in [-0.4, -0.2) is 23.9 Å². The van der Waals surface area contributed by atoms with Crippen LogP contribution >= 0.6 is 0 Å². The van der Waals surface area contributed by atoms with E-state index in [0.717, 1.165) is 38.1 Å². The van der Waals surface area contributed by atoms with Crippen LogP contribution in [0, 0.1) is 29.1 Å². The van der Waals surface area contributed by atoms with Gasteiger partial charge in [-0.1, -0.05) is 26.2 Å². The zero-order valence-corrected chi connectivity index (χ0v) is 12.8. The molecule has 3 nitrogen and oxygen atoms in total. The lowest BCUT2D eigenvalue weighted by atomic mass is 9.79. The standard InChI is InChI=1S/C17H28N2O/c1-2-3-5-14-7-9-16(10-8-14)17(20)19-11-4-6-15(12-18)13-19/h14-16H,2-11,13H2,1H3. The molecule has 0 bridgehead atoms. The molecule has 1 saturated carbocycles. The first-order chi connectivity index (χ1) is 9.74. The van der Waals surface area contributed by atoms with Crippen LogP contribution in [0.15, 0.2) is 0 Å². The Morgan fingerprint density at radius 2 is 2.00 bits per heavy atom. The first-order valence-corrected chi connectivity index (χ1v) is 8.43. The molecule has 0 aromatic carbocycles. The highest BCUT2D eigenvalue weighted by atomic mass is 16.2. The van der Waals surface area contributed by atoms with E-state index in [-0.39, 0.29) is 11.8 Å². The molecule has 112 valence electrons. The van der Waals surface area contributed by atoms with Crippen LogP contribution in [0.4, 0.5) is 0 Å². The van der Waals surface area contributed by atoms with Crippen LogP contribution in [0.5, 0.6) is 0 Å². The molecule has 0 aromatic heterocycles. The van der Waals surface area contributed by atoms with Gasteiger partial charge in [-0.2, -0.15) is 5.26 Å². The molecule has 2 fully saturated rings. The zero-order valence-electron chi connectivity index (χ0n) is 12.8. The van der Waals surface area contributed by atoms with Crippen LogP contribution in [0.1, 0.15) is 64.7 Å². The maximum Gasteiger partial charge on any atom is 0.225 e. The van der Waals surface area contributed by atoms with E-state index in [2.05, 4.69) is 13.0 Å². The van der Waals surface area contributed by atoms with Crippen LogP contribution in [0.3, 0.4) is 0 Å². The minimum atomic E-state index is 0.0635. The van der Waals surface area contributed by atoms with Crippen molar-refractivity contribution in [2.24, 2.45) is 17.8 Å². The van der Waals surface area contributed by atoms with Crippen LogP contribution in [-0.2, 0) is 4.79 Å². The van der Waals surface area contributed by atoms with Gasteiger partial charge in [-0.05, 0) is 44.4 Å². The number of nitrogens with zero attached hydrogens (tertiary/aromatic N) is 2. The first kappa shape index (κ1) is 15.4. The Bertz CT molecular complexity index is 352. The van der Waals surface area contributed by atoms with E-state index < -0.39 is 0 Å². The van der Waals surface area contributed by atoms with E-state index in [1.165, 1.54) is 32.1 Å². The zero-order chi connectivity index (χ0) is 14.4. The number of carbonyl (C=O) groups is 1. The van der Waals surface area contributed by atoms with E-state index in [1.807, 2.05) is 4.90 Å². The van der Waals surface area contributed by atoms with Crippen molar-refractivity contribution < 1.29 is 4.79 Å². The molecule has 2 rings (SSSR count). The average Bonchev–Trinajstić information content (AvgIpc) is 2.52. The molecule has 0 radical (unpaired) electrons. The fourth-order valence-corrected chi connectivity index (χ4v) is 3.73. The van der Waals surface area contributed by atoms with Gasteiger partial charge in [0.2, 0.25) is 5.91 Å². The van der Waals surface area contributed by atoms with Crippen molar-refractivity contribution in [1.82, 2.24) is 4.90 Å². The summed E-state index contributed by atoms with van der Waals surface area (Å²) in [7, 11) is 0. The monoisotopic (exact) mass is 276 g/mol. The van der Waals surface area contributed by atoms with Gasteiger partial charge in [0.25, 0.3) is 0 Å². The molecule has 1 atom stereocenters. The molecule has 2 aliphatic rings. The van der Waals surface area contributed by atoms with Gasteiger partial charge in [0.1, 0.15) is 0 Å². The Balaban J connectivity index is 1.78. The molecule has 0 N–H and O–H groups in total. The van der Waals surface area contributed by atoms with Gasteiger partial charge in [-0.25, -0.2) is 0 Å². The Hall–Kier alpha value is -1.04. The summed E-state index contributed by atoms with van der Waals surface area (Å²) in [6.07, 6.45) is 10.5. The second kappa shape index (κ2) is 7.67. The van der Waals surface area contributed by atoms with Crippen LogP contribution in [0.25, 0.3) is 0 Å². The molecule has 20 heavy (non-hydrogen) atoms. The van der Waals surface area contributed by atoms with Gasteiger partial charge in [0.05, 0.1) is 12.0 Å². The van der Waals surface area contributed by atoms with Crippen molar-refractivity contribution in [3.63, 3.8) is 0 Å². The Labute approximate surface area is 123 Å². The number of hydrogen-bond donors (Lipinski definition) is 0. The Morgan fingerprint density at radius 3 is 2.65 bits per heavy atom. The molecule has 1 saturated heterocycles. The quantitative estimate of drug-likeness (QED) is 0.785. The smallest absolute Gasteiger partial charge is 0.225 e. The molecule has 0 spiro atoms. The van der Waals surface area contributed by atoms with E-state index in [9.17, 15) is 4.79 Å². The molecule has 1 heterocycles. The fraction of sp³-hybridized carbons (Fsp3) is 0.882.